The Bertz CT molecular complexity index is 845. The zero-order valence-corrected chi connectivity index (χ0v) is 17.6. The standard InChI is InChI=1S/C17H20N4O3.C3H7NOS/c1-16(9-18)8-17(10-20-15(17)24)21(14(23)12(19)7-22)13(16)11-5-3-2-4-6-11;4-3(5)1-2-6/h2-6,12-13,22H,7-8,10,19H2,1H3,(H,20,24);6H,1-2H2,(H2,4,5). The van der Waals surface area contributed by atoms with Gasteiger partial charge in [-0.3, -0.25) is 14.4 Å². The van der Waals surface area contributed by atoms with Crippen LogP contribution in [-0.2, 0) is 14.4 Å². The third-order valence-electron chi connectivity index (χ3n) is 5.43. The summed E-state index contributed by atoms with van der Waals surface area (Å²) in [5, 5.41) is 21.8. The summed E-state index contributed by atoms with van der Waals surface area (Å²) in [6, 6.07) is 9.75. The highest BCUT2D eigenvalue weighted by Gasteiger charge is 2.67. The van der Waals surface area contributed by atoms with Gasteiger partial charge in [0, 0.05) is 12.8 Å². The molecule has 4 atom stereocenters. The number of hydrogen-bond acceptors (Lipinski definition) is 7. The van der Waals surface area contributed by atoms with Crippen LogP contribution in [0.4, 0.5) is 0 Å². The van der Waals surface area contributed by atoms with Gasteiger partial charge in [0.1, 0.15) is 11.6 Å². The smallest absolute Gasteiger partial charge is 0.248 e. The van der Waals surface area contributed by atoms with Crippen LogP contribution in [0.2, 0.25) is 0 Å². The second kappa shape index (κ2) is 9.47. The molecule has 162 valence electrons. The predicted molar refractivity (Wildman–Crippen MR) is 113 cm³/mol. The van der Waals surface area contributed by atoms with Gasteiger partial charge in [0.2, 0.25) is 17.7 Å². The summed E-state index contributed by atoms with van der Waals surface area (Å²) in [6.07, 6.45) is 0.620. The van der Waals surface area contributed by atoms with Gasteiger partial charge in [-0.25, -0.2) is 0 Å². The molecule has 3 amide bonds. The Morgan fingerprint density at radius 1 is 1.43 bits per heavy atom. The third-order valence-corrected chi connectivity index (χ3v) is 5.65. The Kier molecular flexibility index (Phi) is 7.47. The number of hydrogen-bond donors (Lipinski definition) is 5. The lowest BCUT2D eigenvalue weighted by atomic mass is 9.75. The van der Waals surface area contributed by atoms with Crippen molar-refractivity contribution in [1.29, 1.82) is 5.26 Å². The number of likely N-dealkylation sites (tertiary alicyclic amines) is 1. The maximum atomic E-state index is 12.9. The molecular weight excluding hydrogens is 406 g/mol. The number of nitrogens with one attached hydrogen (secondary N) is 1. The molecular formula is C20H27N5O4S. The lowest BCUT2D eigenvalue weighted by Crippen LogP contribution is -2.73. The van der Waals surface area contributed by atoms with E-state index in [9.17, 15) is 24.8 Å². The molecule has 0 aliphatic carbocycles. The zero-order chi connectivity index (χ0) is 22.5. The number of nitrogens with zero attached hydrogens (tertiary/aromatic N) is 2. The first kappa shape index (κ1) is 23.7. The van der Waals surface area contributed by atoms with Gasteiger partial charge < -0.3 is 26.8 Å². The number of thiol groups is 1. The third kappa shape index (κ3) is 4.28. The molecule has 9 nitrogen and oxygen atoms in total. The van der Waals surface area contributed by atoms with E-state index in [4.69, 9.17) is 11.5 Å². The number of carbonyl (C=O) groups is 3. The number of nitrogens with two attached hydrogens (primary N) is 2. The van der Waals surface area contributed by atoms with Gasteiger partial charge in [-0.2, -0.15) is 17.9 Å². The van der Waals surface area contributed by atoms with E-state index in [0.717, 1.165) is 5.56 Å². The number of nitriles is 1. The summed E-state index contributed by atoms with van der Waals surface area (Å²) in [5.74, 6) is -0.527. The molecule has 0 saturated carbocycles. The molecule has 2 aliphatic heterocycles. The fourth-order valence-corrected chi connectivity index (χ4v) is 4.20. The van der Waals surface area contributed by atoms with Crippen molar-refractivity contribution in [3.8, 4) is 6.07 Å². The van der Waals surface area contributed by atoms with E-state index in [1.54, 1.807) is 6.92 Å². The van der Waals surface area contributed by atoms with E-state index in [0.29, 0.717) is 12.2 Å². The molecule has 1 aromatic carbocycles. The molecule has 1 spiro atoms. The van der Waals surface area contributed by atoms with E-state index in [-0.39, 0.29) is 24.8 Å². The van der Waals surface area contributed by atoms with E-state index in [1.807, 2.05) is 30.3 Å². The summed E-state index contributed by atoms with van der Waals surface area (Å²) in [7, 11) is 0. The number of benzene rings is 1. The van der Waals surface area contributed by atoms with E-state index < -0.39 is 35.6 Å². The molecule has 3 rings (SSSR count). The van der Waals surface area contributed by atoms with Crippen molar-refractivity contribution in [2.24, 2.45) is 16.9 Å². The number of amides is 3. The molecule has 0 aromatic heterocycles. The summed E-state index contributed by atoms with van der Waals surface area (Å²) in [5.41, 5.74) is 9.24. The second-order valence-electron chi connectivity index (χ2n) is 7.67. The molecule has 4 unspecified atom stereocenters. The molecule has 2 aliphatic rings. The Morgan fingerprint density at radius 3 is 2.43 bits per heavy atom. The maximum Gasteiger partial charge on any atom is 0.248 e. The number of rotatable bonds is 5. The first-order valence-electron chi connectivity index (χ1n) is 9.50. The van der Waals surface area contributed by atoms with Crippen molar-refractivity contribution in [1.82, 2.24) is 10.2 Å². The van der Waals surface area contributed by atoms with Crippen LogP contribution in [0.15, 0.2) is 30.3 Å². The summed E-state index contributed by atoms with van der Waals surface area (Å²) in [4.78, 5) is 36.4. The van der Waals surface area contributed by atoms with Crippen LogP contribution in [0.25, 0.3) is 0 Å². The van der Waals surface area contributed by atoms with Crippen molar-refractivity contribution in [2.45, 2.75) is 37.4 Å². The highest BCUT2D eigenvalue weighted by Crippen LogP contribution is 2.55. The number of β-lactam (4-membered cyclic amide) rings is 1. The largest absolute Gasteiger partial charge is 0.394 e. The van der Waals surface area contributed by atoms with Crippen LogP contribution in [0.1, 0.15) is 31.4 Å². The SMILES string of the molecule is CC1(C#N)CC2(CNC2=O)N(C(=O)C(N)CO)C1c1ccccc1.NC(=O)CCS. The Morgan fingerprint density at radius 2 is 2.07 bits per heavy atom. The van der Waals surface area contributed by atoms with Gasteiger partial charge in [0.05, 0.1) is 30.7 Å². The maximum absolute atomic E-state index is 12.9. The minimum atomic E-state index is -1.12. The summed E-state index contributed by atoms with van der Waals surface area (Å²) < 4.78 is 0. The Balaban J connectivity index is 0.000000469. The van der Waals surface area contributed by atoms with Gasteiger partial charge in [0.15, 0.2) is 0 Å². The molecule has 1 aromatic rings. The fourth-order valence-electron chi connectivity index (χ4n) is 3.98. The first-order valence-corrected chi connectivity index (χ1v) is 10.1. The zero-order valence-electron chi connectivity index (χ0n) is 16.7. The quantitative estimate of drug-likeness (QED) is 0.310. The van der Waals surface area contributed by atoms with Gasteiger partial charge in [0.25, 0.3) is 0 Å². The number of aliphatic hydroxyl groups is 1. The van der Waals surface area contributed by atoms with E-state index in [1.165, 1.54) is 4.90 Å². The molecule has 10 heteroatoms. The van der Waals surface area contributed by atoms with Crippen LogP contribution in [0.3, 0.4) is 0 Å². The molecule has 6 N–H and O–H groups in total. The van der Waals surface area contributed by atoms with Crippen LogP contribution < -0.4 is 16.8 Å². The Hall–Kier alpha value is -2.61. The molecule has 0 bridgehead atoms. The minimum absolute atomic E-state index is 0.242. The van der Waals surface area contributed by atoms with Gasteiger partial charge in [-0.05, 0) is 18.2 Å². The average Bonchev–Trinajstić information content (AvgIpc) is 3.04. The average molecular weight is 434 g/mol. The summed E-state index contributed by atoms with van der Waals surface area (Å²) in [6.45, 7) is 1.53. The van der Waals surface area contributed by atoms with Crippen molar-refractivity contribution < 1.29 is 19.5 Å². The second-order valence-corrected chi connectivity index (χ2v) is 8.12. The van der Waals surface area contributed by atoms with Gasteiger partial charge >= 0.3 is 0 Å². The number of primary amides is 1. The van der Waals surface area contributed by atoms with E-state index >= 15 is 0 Å². The minimum Gasteiger partial charge on any atom is -0.394 e. The fraction of sp³-hybridized carbons (Fsp3) is 0.500. The topological polar surface area (TPSA) is 163 Å². The van der Waals surface area contributed by atoms with Crippen molar-refractivity contribution in [3.05, 3.63) is 35.9 Å². The highest BCUT2D eigenvalue weighted by atomic mass is 32.1. The summed E-state index contributed by atoms with van der Waals surface area (Å²) >= 11 is 3.76. The monoisotopic (exact) mass is 433 g/mol. The Labute approximate surface area is 180 Å². The van der Waals surface area contributed by atoms with Crippen molar-refractivity contribution in [2.75, 3.05) is 18.9 Å². The van der Waals surface area contributed by atoms with Crippen LogP contribution in [0.5, 0.6) is 0 Å². The predicted octanol–water partition coefficient (Wildman–Crippen LogP) is -0.530. The number of carbonyl (C=O) groups excluding carboxylic acids is 3. The molecule has 2 saturated heterocycles. The van der Waals surface area contributed by atoms with Crippen molar-refractivity contribution >= 4 is 30.4 Å². The van der Waals surface area contributed by atoms with E-state index in [2.05, 4.69) is 24.0 Å². The first-order chi connectivity index (χ1) is 14.2. The van der Waals surface area contributed by atoms with Crippen LogP contribution in [0, 0.1) is 16.7 Å². The van der Waals surface area contributed by atoms with Crippen LogP contribution in [-0.4, -0.2) is 58.2 Å². The normalized spacial score (nSPS) is 27.9. The lowest BCUT2D eigenvalue weighted by Gasteiger charge is -2.46. The van der Waals surface area contributed by atoms with Gasteiger partial charge in [-0.15, -0.1) is 0 Å². The molecule has 30 heavy (non-hydrogen) atoms. The molecule has 0 radical (unpaired) electrons. The van der Waals surface area contributed by atoms with Crippen molar-refractivity contribution in [3.63, 3.8) is 0 Å². The van der Waals surface area contributed by atoms with Gasteiger partial charge in [-0.1, -0.05) is 30.3 Å². The van der Waals surface area contributed by atoms with Crippen LogP contribution >= 0.6 is 12.6 Å². The lowest BCUT2D eigenvalue weighted by molar-refractivity contribution is -0.155. The molecule has 2 heterocycles. The number of aliphatic hydroxyl groups excluding tert-OH is 1. The highest BCUT2D eigenvalue weighted by molar-refractivity contribution is 7.80. The molecule has 2 fully saturated rings.